The zero-order valence-electron chi connectivity index (χ0n) is 17.2. The fourth-order valence-corrected chi connectivity index (χ4v) is 3.40. The molecule has 3 aromatic rings. The summed E-state index contributed by atoms with van der Waals surface area (Å²) in [4.78, 5) is 4.53. The van der Waals surface area contributed by atoms with E-state index < -0.39 is 0 Å². The second-order valence-corrected chi connectivity index (χ2v) is 7.27. The van der Waals surface area contributed by atoms with E-state index in [9.17, 15) is 0 Å². The van der Waals surface area contributed by atoms with Crippen molar-refractivity contribution in [2.75, 3.05) is 0 Å². The van der Waals surface area contributed by atoms with E-state index >= 15 is 0 Å². The van der Waals surface area contributed by atoms with Gasteiger partial charge in [-0.3, -0.25) is 4.98 Å². The van der Waals surface area contributed by atoms with Crippen molar-refractivity contribution in [1.29, 1.82) is 10.7 Å². The average molecular weight is 386 g/mol. The third-order valence-corrected chi connectivity index (χ3v) is 5.03. The van der Waals surface area contributed by atoms with E-state index in [0.717, 1.165) is 65.4 Å². The van der Waals surface area contributed by atoms with Crippen LogP contribution in [0.1, 0.15) is 61.8 Å². The molecule has 0 saturated heterocycles. The molecule has 148 valence electrons. The standard InChI is InChI=1S/C25H27N3O/c1-3-5-7-20-14-22-21(23(27)6-4-2)12-13-28-24(22)15-25(20)29-17-19-10-8-18(16-26)9-11-19/h8-15,27H,3-7,17H2,1-2H3. The van der Waals surface area contributed by atoms with Gasteiger partial charge in [-0.25, -0.2) is 0 Å². The van der Waals surface area contributed by atoms with Crippen molar-refractivity contribution in [2.45, 2.75) is 52.6 Å². The summed E-state index contributed by atoms with van der Waals surface area (Å²) in [5.41, 5.74) is 5.32. The summed E-state index contributed by atoms with van der Waals surface area (Å²) in [6, 6.07) is 15.7. The Kier molecular flexibility index (Phi) is 6.97. The summed E-state index contributed by atoms with van der Waals surface area (Å²) in [6.07, 6.45) is 6.62. The van der Waals surface area contributed by atoms with Gasteiger partial charge in [-0.05, 0) is 54.7 Å². The lowest BCUT2D eigenvalue weighted by atomic mass is 9.98. The molecule has 3 rings (SSSR count). The first-order valence-corrected chi connectivity index (χ1v) is 10.3. The van der Waals surface area contributed by atoms with Gasteiger partial charge < -0.3 is 10.1 Å². The minimum Gasteiger partial charge on any atom is -0.489 e. The number of nitrogens with one attached hydrogen (secondary N) is 1. The molecule has 0 aliphatic heterocycles. The number of nitrogens with zero attached hydrogens (tertiary/aromatic N) is 2. The van der Waals surface area contributed by atoms with E-state index in [-0.39, 0.29) is 0 Å². The Hall–Kier alpha value is -3.19. The molecule has 1 N–H and O–H groups in total. The first kappa shape index (κ1) is 20.5. The van der Waals surface area contributed by atoms with Gasteiger partial charge in [0.05, 0.1) is 17.1 Å². The number of ether oxygens (including phenoxy) is 1. The van der Waals surface area contributed by atoms with Crippen LogP contribution in [0.4, 0.5) is 0 Å². The normalized spacial score (nSPS) is 10.7. The minimum atomic E-state index is 0.446. The predicted octanol–water partition coefficient (Wildman–Crippen LogP) is 6.20. The molecular weight excluding hydrogens is 358 g/mol. The lowest BCUT2D eigenvalue weighted by Crippen LogP contribution is -2.03. The molecule has 0 aliphatic rings. The minimum absolute atomic E-state index is 0.446. The number of hydrogen-bond acceptors (Lipinski definition) is 4. The summed E-state index contributed by atoms with van der Waals surface area (Å²) in [7, 11) is 0. The van der Waals surface area contributed by atoms with Gasteiger partial charge in [0.1, 0.15) is 12.4 Å². The first-order chi connectivity index (χ1) is 14.2. The molecule has 4 nitrogen and oxygen atoms in total. The number of rotatable bonds is 9. The van der Waals surface area contributed by atoms with E-state index in [2.05, 4.69) is 31.0 Å². The molecule has 2 aromatic carbocycles. The van der Waals surface area contributed by atoms with Crippen LogP contribution in [-0.2, 0) is 13.0 Å². The van der Waals surface area contributed by atoms with Crippen LogP contribution in [0.15, 0.2) is 48.7 Å². The highest BCUT2D eigenvalue weighted by molar-refractivity contribution is 6.08. The second kappa shape index (κ2) is 9.84. The average Bonchev–Trinajstić information content (AvgIpc) is 2.76. The number of aromatic nitrogens is 1. The molecule has 0 aliphatic carbocycles. The molecule has 0 spiro atoms. The summed E-state index contributed by atoms with van der Waals surface area (Å²) in [5.74, 6) is 0.849. The van der Waals surface area contributed by atoms with Crippen molar-refractivity contribution in [3.05, 3.63) is 70.9 Å². The summed E-state index contributed by atoms with van der Waals surface area (Å²) in [5, 5.41) is 18.4. The number of aryl methyl sites for hydroxylation is 1. The molecule has 29 heavy (non-hydrogen) atoms. The van der Waals surface area contributed by atoms with Crippen molar-refractivity contribution in [3.8, 4) is 11.8 Å². The molecule has 0 unspecified atom stereocenters. The molecule has 1 heterocycles. The maximum atomic E-state index is 8.95. The number of fused-ring (bicyclic) bond motifs is 1. The molecule has 0 radical (unpaired) electrons. The van der Waals surface area contributed by atoms with Crippen LogP contribution in [0.2, 0.25) is 0 Å². The largest absolute Gasteiger partial charge is 0.489 e. The van der Waals surface area contributed by atoms with Crippen molar-refractivity contribution >= 4 is 16.6 Å². The number of pyridine rings is 1. The quantitative estimate of drug-likeness (QED) is 0.446. The number of nitriles is 1. The smallest absolute Gasteiger partial charge is 0.125 e. The molecule has 0 amide bonds. The Morgan fingerprint density at radius 3 is 2.59 bits per heavy atom. The SMILES string of the molecule is CCCCc1cc2c(C(=N)CCC)ccnc2cc1OCc1ccc(C#N)cc1. The van der Waals surface area contributed by atoms with Crippen LogP contribution in [0.5, 0.6) is 5.75 Å². The second-order valence-electron chi connectivity index (χ2n) is 7.27. The molecule has 0 saturated carbocycles. The Balaban J connectivity index is 1.94. The molecule has 1 aromatic heterocycles. The molecule has 0 atom stereocenters. The van der Waals surface area contributed by atoms with E-state index in [1.165, 1.54) is 0 Å². The van der Waals surface area contributed by atoms with Crippen LogP contribution in [0, 0.1) is 16.7 Å². The van der Waals surface area contributed by atoms with E-state index in [1.807, 2.05) is 36.4 Å². The third-order valence-electron chi connectivity index (χ3n) is 5.03. The van der Waals surface area contributed by atoms with Gasteiger partial charge in [-0.2, -0.15) is 5.26 Å². The number of benzene rings is 2. The third kappa shape index (κ3) is 5.00. The van der Waals surface area contributed by atoms with Crippen LogP contribution in [-0.4, -0.2) is 10.7 Å². The molecular formula is C25H27N3O. The number of unbranched alkanes of at least 4 members (excludes halogenated alkanes) is 1. The van der Waals surface area contributed by atoms with Gasteiger partial charge in [-0.1, -0.05) is 38.8 Å². The van der Waals surface area contributed by atoms with Gasteiger partial charge >= 0.3 is 0 Å². The summed E-state index contributed by atoms with van der Waals surface area (Å²) >= 11 is 0. The fourth-order valence-electron chi connectivity index (χ4n) is 3.40. The maximum Gasteiger partial charge on any atom is 0.125 e. The van der Waals surface area contributed by atoms with Gasteiger partial charge in [0.25, 0.3) is 0 Å². The van der Waals surface area contributed by atoms with Crippen LogP contribution in [0.3, 0.4) is 0 Å². The fraction of sp³-hybridized carbons (Fsp3) is 0.320. The lowest BCUT2D eigenvalue weighted by molar-refractivity contribution is 0.303. The monoisotopic (exact) mass is 385 g/mol. The molecule has 0 bridgehead atoms. The van der Waals surface area contributed by atoms with E-state index in [4.69, 9.17) is 15.4 Å². The number of hydrogen-bond donors (Lipinski definition) is 1. The van der Waals surface area contributed by atoms with Crippen LogP contribution >= 0.6 is 0 Å². The summed E-state index contributed by atoms with van der Waals surface area (Å²) < 4.78 is 6.17. The van der Waals surface area contributed by atoms with Gasteiger partial charge in [0.15, 0.2) is 0 Å². The van der Waals surface area contributed by atoms with Gasteiger partial charge in [0, 0.05) is 28.9 Å². The maximum absolute atomic E-state index is 8.95. The van der Waals surface area contributed by atoms with E-state index in [1.54, 1.807) is 6.20 Å². The topological polar surface area (TPSA) is 69.8 Å². The van der Waals surface area contributed by atoms with Gasteiger partial charge in [0.2, 0.25) is 0 Å². The van der Waals surface area contributed by atoms with E-state index in [0.29, 0.717) is 17.9 Å². The van der Waals surface area contributed by atoms with Crippen molar-refractivity contribution in [3.63, 3.8) is 0 Å². The van der Waals surface area contributed by atoms with Gasteiger partial charge in [-0.15, -0.1) is 0 Å². The highest BCUT2D eigenvalue weighted by Crippen LogP contribution is 2.30. The van der Waals surface area contributed by atoms with Crippen molar-refractivity contribution in [2.24, 2.45) is 0 Å². The molecule has 0 fully saturated rings. The molecule has 4 heteroatoms. The Bertz CT molecular complexity index is 1030. The van der Waals surface area contributed by atoms with Crippen LogP contribution < -0.4 is 4.74 Å². The van der Waals surface area contributed by atoms with Crippen molar-refractivity contribution in [1.82, 2.24) is 4.98 Å². The Labute approximate surface area is 172 Å². The highest BCUT2D eigenvalue weighted by atomic mass is 16.5. The first-order valence-electron chi connectivity index (χ1n) is 10.3. The lowest BCUT2D eigenvalue weighted by Gasteiger charge is -2.15. The predicted molar refractivity (Wildman–Crippen MR) is 118 cm³/mol. The van der Waals surface area contributed by atoms with Crippen molar-refractivity contribution < 1.29 is 4.74 Å². The zero-order chi connectivity index (χ0) is 20.6. The summed E-state index contributed by atoms with van der Waals surface area (Å²) in [6.45, 7) is 4.73. The van der Waals surface area contributed by atoms with Crippen LogP contribution in [0.25, 0.3) is 10.9 Å². The zero-order valence-corrected chi connectivity index (χ0v) is 17.2. The highest BCUT2D eigenvalue weighted by Gasteiger charge is 2.12. The Morgan fingerprint density at radius 1 is 1.10 bits per heavy atom. The Morgan fingerprint density at radius 2 is 1.90 bits per heavy atom.